The fourth-order valence-electron chi connectivity index (χ4n) is 2.05. The summed E-state index contributed by atoms with van der Waals surface area (Å²) in [6, 6.07) is 0. The third-order valence-electron chi connectivity index (χ3n) is 2.92. The second-order valence-corrected chi connectivity index (χ2v) is 4.61. The molecule has 0 aromatic carbocycles. The van der Waals surface area contributed by atoms with Gasteiger partial charge in [0.2, 0.25) is 0 Å². The van der Waals surface area contributed by atoms with E-state index in [9.17, 15) is 4.79 Å². The first-order chi connectivity index (χ1) is 7.61. The van der Waals surface area contributed by atoms with Crippen LogP contribution in [0.2, 0.25) is 0 Å². The van der Waals surface area contributed by atoms with E-state index in [2.05, 4.69) is 4.90 Å². The lowest BCUT2D eigenvalue weighted by Crippen LogP contribution is -2.35. The Labute approximate surface area is 96.7 Å². The van der Waals surface area contributed by atoms with Crippen molar-refractivity contribution < 1.29 is 15.0 Å². The van der Waals surface area contributed by atoms with Gasteiger partial charge in [0.1, 0.15) is 0 Å². The number of rotatable bonds is 5. The van der Waals surface area contributed by atoms with Gasteiger partial charge in [-0.3, -0.25) is 9.69 Å². The van der Waals surface area contributed by atoms with Gasteiger partial charge in [0, 0.05) is 32.8 Å². The van der Waals surface area contributed by atoms with Crippen LogP contribution in [0.5, 0.6) is 0 Å². The molecular weight excluding hydrogens is 208 g/mol. The average molecular weight is 230 g/mol. The van der Waals surface area contributed by atoms with Crippen LogP contribution >= 0.6 is 0 Å². The molecular formula is C11H22N2O3. The van der Waals surface area contributed by atoms with Gasteiger partial charge in [0.25, 0.3) is 0 Å². The van der Waals surface area contributed by atoms with Crippen molar-refractivity contribution in [2.75, 3.05) is 45.9 Å². The van der Waals surface area contributed by atoms with E-state index in [0.717, 1.165) is 39.1 Å². The van der Waals surface area contributed by atoms with Crippen LogP contribution in [0.15, 0.2) is 0 Å². The maximum absolute atomic E-state index is 10.6. The number of hydrogen-bond donors (Lipinski definition) is 2. The van der Waals surface area contributed by atoms with E-state index in [4.69, 9.17) is 10.2 Å². The van der Waals surface area contributed by atoms with Crippen molar-refractivity contribution in [3.8, 4) is 0 Å². The predicted octanol–water partition coefficient (Wildman–Crippen LogP) is -0.293. The molecule has 1 heterocycles. The van der Waals surface area contributed by atoms with Crippen LogP contribution in [-0.4, -0.2) is 71.9 Å². The summed E-state index contributed by atoms with van der Waals surface area (Å²) >= 11 is 0. The molecule has 1 aliphatic heterocycles. The van der Waals surface area contributed by atoms with E-state index in [0.29, 0.717) is 5.92 Å². The maximum atomic E-state index is 10.6. The molecule has 94 valence electrons. The van der Waals surface area contributed by atoms with Crippen molar-refractivity contribution in [3.63, 3.8) is 0 Å². The highest BCUT2D eigenvalue weighted by molar-refractivity contribution is 5.69. The Morgan fingerprint density at radius 1 is 1.25 bits per heavy atom. The molecule has 16 heavy (non-hydrogen) atoms. The lowest BCUT2D eigenvalue weighted by molar-refractivity contribution is -0.138. The van der Waals surface area contributed by atoms with Crippen molar-refractivity contribution in [3.05, 3.63) is 0 Å². The summed E-state index contributed by atoms with van der Waals surface area (Å²) in [6.45, 7) is 6.86. The Morgan fingerprint density at radius 2 is 1.88 bits per heavy atom. The van der Waals surface area contributed by atoms with Crippen LogP contribution in [0, 0.1) is 5.92 Å². The van der Waals surface area contributed by atoms with Crippen LogP contribution in [-0.2, 0) is 4.79 Å². The summed E-state index contributed by atoms with van der Waals surface area (Å²) in [7, 11) is 0. The quantitative estimate of drug-likeness (QED) is 0.679. The van der Waals surface area contributed by atoms with E-state index in [1.807, 2.05) is 11.8 Å². The second kappa shape index (κ2) is 6.83. The predicted molar refractivity (Wildman–Crippen MR) is 61.4 cm³/mol. The van der Waals surface area contributed by atoms with Crippen LogP contribution in [0.4, 0.5) is 0 Å². The third kappa shape index (κ3) is 4.92. The SMILES string of the molecule is CC(CO)CN1CCCN(CC(=O)O)CC1. The summed E-state index contributed by atoms with van der Waals surface area (Å²) in [5.74, 6) is -0.455. The number of hydrogen-bond acceptors (Lipinski definition) is 4. The van der Waals surface area contributed by atoms with E-state index in [1.54, 1.807) is 0 Å². The van der Waals surface area contributed by atoms with Crippen LogP contribution in [0.25, 0.3) is 0 Å². The van der Waals surface area contributed by atoms with E-state index in [-0.39, 0.29) is 13.2 Å². The van der Waals surface area contributed by atoms with Gasteiger partial charge in [0.15, 0.2) is 0 Å². The van der Waals surface area contributed by atoms with Gasteiger partial charge >= 0.3 is 5.97 Å². The number of carboxylic acids is 1. The molecule has 0 spiro atoms. The Hall–Kier alpha value is -0.650. The highest BCUT2D eigenvalue weighted by Crippen LogP contribution is 2.05. The number of aliphatic carboxylic acids is 1. The molecule has 5 nitrogen and oxygen atoms in total. The standard InChI is InChI=1S/C11H22N2O3/c1-10(9-14)7-12-3-2-4-13(6-5-12)8-11(15)16/h10,14H,2-9H2,1H3,(H,15,16). The molecule has 1 unspecified atom stereocenters. The maximum Gasteiger partial charge on any atom is 0.317 e. The van der Waals surface area contributed by atoms with Gasteiger partial charge in [0.05, 0.1) is 6.54 Å². The van der Waals surface area contributed by atoms with Crippen LogP contribution in [0.1, 0.15) is 13.3 Å². The van der Waals surface area contributed by atoms with Gasteiger partial charge in [-0.25, -0.2) is 0 Å². The summed E-state index contributed by atoms with van der Waals surface area (Å²) in [5, 5.41) is 17.7. The van der Waals surface area contributed by atoms with Crippen molar-refractivity contribution in [1.82, 2.24) is 9.80 Å². The molecule has 1 rings (SSSR count). The number of aliphatic hydroxyl groups excluding tert-OH is 1. The molecule has 1 saturated heterocycles. The molecule has 0 bridgehead atoms. The monoisotopic (exact) mass is 230 g/mol. The van der Waals surface area contributed by atoms with Crippen LogP contribution < -0.4 is 0 Å². The number of carbonyl (C=O) groups is 1. The number of nitrogens with zero attached hydrogens (tertiary/aromatic N) is 2. The normalized spacial score (nSPS) is 21.6. The zero-order chi connectivity index (χ0) is 12.0. The van der Waals surface area contributed by atoms with E-state index < -0.39 is 5.97 Å². The van der Waals surface area contributed by atoms with Gasteiger partial charge in [-0.15, -0.1) is 0 Å². The zero-order valence-electron chi connectivity index (χ0n) is 9.93. The first-order valence-electron chi connectivity index (χ1n) is 5.89. The van der Waals surface area contributed by atoms with Crippen molar-refractivity contribution in [2.24, 2.45) is 5.92 Å². The van der Waals surface area contributed by atoms with Gasteiger partial charge < -0.3 is 15.1 Å². The van der Waals surface area contributed by atoms with Gasteiger partial charge in [-0.05, 0) is 18.9 Å². The summed E-state index contributed by atoms with van der Waals surface area (Å²) in [6.07, 6.45) is 1.01. The Bertz CT molecular complexity index is 223. The minimum Gasteiger partial charge on any atom is -0.480 e. The van der Waals surface area contributed by atoms with Crippen molar-refractivity contribution in [2.45, 2.75) is 13.3 Å². The fourth-order valence-corrected chi connectivity index (χ4v) is 2.05. The molecule has 1 fully saturated rings. The second-order valence-electron chi connectivity index (χ2n) is 4.61. The Morgan fingerprint density at radius 3 is 2.50 bits per heavy atom. The van der Waals surface area contributed by atoms with Gasteiger partial charge in [-0.1, -0.05) is 6.92 Å². The summed E-state index contributed by atoms with van der Waals surface area (Å²) in [5.41, 5.74) is 0. The molecule has 2 N–H and O–H groups in total. The van der Waals surface area contributed by atoms with Gasteiger partial charge in [-0.2, -0.15) is 0 Å². The fraction of sp³-hybridized carbons (Fsp3) is 0.909. The average Bonchev–Trinajstić information content (AvgIpc) is 2.43. The molecule has 0 amide bonds. The molecule has 1 atom stereocenters. The lowest BCUT2D eigenvalue weighted by atomic mass is 10.2. The molecule has 0 saturated carbocycles. The molecule has 5 heteroatoms. The lowest BCUT2D eigenvalue weighted by Gasteiger charge is -2.23. The third-order valence-corrected chi connectivity index (χ3v) is 2.92. The number of aliphatic hydroxyl groups is 1. The Kier molecular flexibility index (Phi) is 5.73. The van der Waals surface area contributed by atoms with Crippen LogP contribution in [0.3, 0.4) is 0 Å². The molecule has 0 radical (unpaired) electrons. The minimum absolute atomic E-state index is 0.142. The number of carboxylic acid groups (broad SMARTS) is 1. The largest absolute Gasteiger partial charge is 0.480 e. The Balaban J connectivity index is 2.31. The van der Waals surface area contributed by atoms with Crippen molar-refractivity contribution >= 4 is 5.97 Å². The first kappa shape index (κ1) is 13.4. The smallest absolute Gasteiger partial charge is 0.317 e. The minimum atomic E-state index is -0.753. The van der Waals surface area contributed by atoms with E-state index >= 15 is 0 Å². The van der Waals surface area contributed by atoms with E-state index in [1.165, 1.54) is 0 Å². The summed E-state index contributed by atoms with van der Waals surface area (Å²) in [4.78, 5) is 14.9. The molecule has 1 aliphatic rings. The van der Waals surface area contributed by atoms with Crippen molar-refractivity contribution in [1.29, 1.82) is 0 Å². The molecule has 0 aromatic rings. The first-order valence-corrected chi connectivity index (χ1v) is 5.89. The summed E-state index contributed by atoms with van der Waals surface area (Å²) < 4.78 is 0. The topological polar surface area (TPSA) is 64.0 Å². The zero-order valence-corrected chi connectivity index (χ0v) is 9.93. The highest BCUT2D eigenvalue weighted by Gasteiger charge is 2.17. The molecule has 0 aliphatic carbocycles. The molecule has 0 aromatic heterocycles. The highest BCUT2D eigenvalue weighted by atomic mass is 16.4.